The van der Waals surface area contributed by atoms with E-state index in [1.807, 2.05) is 0 Å². The summed E-state index contributed by atoms with van der Waals surface area (Å²) in [7, 11) is 0. The van der Waals surface area contributed by atoms with Crippen LogP contribution in [0.25, 0.3) is 0 Å². The number of rotatable bonds is 36. The van der Waals surface area contributed by atoms with Gasteiger partial charge in [0.25, 0.3) is 0 Å². The predicted molar refractivity (Wildman–Crippen MR) is 260 cm³/mol. The summed E-state index contributed by atoms with van der Waals surface area (Å²) >= 11 is 4.09. The molecule has 0 aromatic rings. The van der Waals surface area contributed by atoms with E-state index in [1.165, 1.54) is 6.92 Å². The summed E-state index contributed by atoms with van der Waals surface area (Å²) in [6, 6.07) is -12.7. The minimum Gasteiger partial charge on any atom is -0.481 e. The minimum atomic E-state index is -1.89. The van der Waals surface area contributed by atoms with Crippen molar-refractivity contribution in [2.24, 2.45) is 45.5 Å². The molecule has 0 spiro atoms. The summed E-state index contributed by atoms with van der Waals surface area (Å²) in [4.78, 5) is 135. The van der Waals surface area contributed by atoms with Crippen LogP contribution >= 0.6 is 12.6 Å². The number of carboxylic acid groups (broad SMARTS) is 2. The molecule has 0 saturated carbocycles. The number of guanidine groups is 1. The van der Waals surface area contributed by atoms with Crippen LogP contribution in [0.4, 0.5) is 0 Å². The van der Waals surface area contributed by atoms with Gasteiger partial charge in [0.15, 0.2) is 5.96 Å². The van der Waals surface area contributed by atoms with Gasteiger partial charge >= 0.3 is 11.9 Å². The zero-order valence-electron chi connectivity index (χ0n) is 40.7. The monoisotopic (exact) mass is 1020 g/mol. The topological polar surface area (TPSA) is 470 Å². The van der Waals surface area contributed by atoms with Crippen molar-refractivity contribution in [3.05, 3.63) is 0 Å². The molecular weight excluding hydrogens is 941 g/mol. The fourth-order valence-electron chi connectivity index (χ4n) is 6.41. The normalized spacial score (nSPS) is 15.4. The fraction of sp³-hybridized carbons (Fsp3) is 0.738. The first-order chi connectivity index (χ1) is 32.9. The van der Waals surface area contributed by atoms with Gasteiger partial charge in [0.1, 0.15) is 48.3 Å². The van der Waals surface area contributed by atoms with Crippen LogP contribution in [0.15, 0.2) is 4.99 Å². The number of carbonyl (C=O) groups excluding carboxylic acids is 8. The van der Waals surface area contributed by atoms with E-state index in [0.717, 1.165) is 0 Å². The van der Waals surface area contributed by atoms with Crippen LogP contribution in [0.2, 0.25) is 0 Å². The molecule has 400 valence electrons. The Kier molecular flexibility index (Phi) is 31.6. The average molecular weight is 1020 g/mol. The van der Waals surface area contributed by atoms with Crippen molar-refractivity contribution in [2.45, 2.75) is 153 Å². The van der Waals surface area contributed by atoms with Crippen LogP contribution in [0.1, 0.15) is 98.8 Å². The Bertz CT molecular complexity index is 1770. The maximum absolute atomic E-state index is 14.0. The van der Waals surface area contributed by atoms with Gasteiger partial charge in [0, 0.05) is 12.3 Å². The molecular formula is C42H78N14O13S. The Morgan fingerprint density at radius 3 is 1.49 bits per heavy atom. The molecule has 0 unspecified atom stereocenters. The molecule has 0 aromatic carbocycles. The molecule has 0 aromatic heterocycles. The quantitative estimate of drug-likeness (QED) is 0.0121. The van der Waals surface area contributed by atoms with Gasteiger partial charge in [0.05, 0.1) is 19.1 Å². The number of carboxylic acids is 2. The van der Waals surface area contributed by atoms with Crippen LogP contribution in [0, 0.1) is 11.8 Å². The number of aliphatic hydroxyl groups is 1. The predicted octanol–water partition coefficient (Wildman–Crippen LogP) is -5.29. The summed E-state index contributed by atoms with van der Waals surface area (Å²) in [5.41, 5.74) is 28.2. The zero-order valence-corrected chi connectivity index (χ0v) is 41.6. The number of unbranched alkanes of at least 4 members (excludes halogenated alkanes) is 2. The van der Waals surface area contributed by atoms with E-state index in [-0.39, 0.29) is 38.3 Å². The lowest BCUT2D eigenvalue weighted by atomic mass is 9.96. The van der Waals surface area contributed by atoms with E-state index in [2.05, 4.69) is 60.2 Å². The summed E-state index contributed by atoms with van der Waals surface area (Å²) < 4.78 is 0. The summed E-state index contributed by atoms with van der Waals surface area (Å²) in [5, 5.41) is 48.1. The highest BCUT2D eigenvalue weighted by Gasteiger charge is 2.36. The Hall–Kier alpha value is -5.84. The van der Waals surface area contributed by atoms with Crippen LogP contribution in [0.3, 0.4) is 0 Å². The molecule has 8 amide bonds. The van der Waals surface area contributed by atoms with E-state index in [1.54, 1.807) is 27.7 Å². The number of thiol groups is 1. The van der Waals surface area contributed by atoms with E-state index in [4.69, 9.17) is 33.8 Å². The van der Waals surface area contributed by atoms with Crippen molar-refractivity contribution in [1.82, 2.24) is 42.5 Å². The van der Waals surface area contributed by atoms with Gasteiger partial charge in [-0.2, -0.15) is 12.6 Å². The van der Waals surface area contributed by atoms with E-state index in [0.29, 0.717) is 45.1 Å². The number of nitrogens with two attached hydrogens (primary N) is 5. The number of aliphatic carboxylic acids is 2. The molecule has 0 rings (SSSR count). The second-order valence-electron chi connectivity index (χ2n) is 17.1. The van der Waals surface area contributed by atoms with Gasteiger partial charge in [-0.1, -0.05) is 40.5 Å². The summed E-state index contributed by atoms with van der Waals surface area (Å²) in [6.45, 7) is 7.46. The molecule has 0 fully saturated rings. The van der Waals surface area contributed by atoms with Crippen molar-refractivity contribution < 1.29 is 63.3 Å². The SMILES string of the molecule is CC[C@H](C)[C@H](NC(=O)[C@@H](N)CCCCN)C(=O)N[C@@H](CCCCN)C(=O)N[C@@H](CCCN=C(N)N)C(=O)N[C@@H](CC(=O)O)C(=O)N[C@@H](CS)C(=O)N[C@@H](CO)C(=O)N[C@H](C(=O)N[C@@H](C)C(=O)O)C(C)C. The number of carbonyl (C=O) groups is 10. The highest BCUT2D eigenvalue weighted by molar-refractivity contribution is 7.80. The number of hydrogen-bond acceptors (Lipinski definition) is 16. The molecule has 70 heavy (non-hydrogen) atoms. The number of hydrogen-bond donors (Lipinski definition) is 17. The maximum Gasteiger partial charge on any atom is 0.325 e. The first kappa shape index (κ1) is 64.2. The van der Waals surface area contributed by atoms with Crippen molar-refractivity contribution >= 4 is 77.8 Å². The lowest BCUT2D eigenvalue weighted by Crippen LogP contribution is -2.61. The third kappa shape index (κ3) is 24.6. The molecule has 0 aliphatic carbocycles. The fourth-order valence-corrected chi connectivity index (χ4v) is 6.67. The number of nitrogens with zero attached hydrogens (tertiary/aromatic N) is 1. The average Bonchev–Trinajstić information content (AvgIpc) is 3.29. The molecule has 10 atom stereocenters. The van der Waals surface area contributed by atoms with Gasteiger partial charge in [-0.25, -0.2) is 0 Å². The number of aliphatic imine (C=N–C) groups is 1. The van der Waals surface area contributed by atoms with Crippen LogP contribution in [-0.4, -0.2) is 167 Å². The lowest BCUT2D eigenvalue weighted by molar-refractivity contribution is -0.142. The summed E-state index contributed by atoms with van der Waals surface area (Å²) in [6.07, 6.45) is 1.67. The molecule has 0 aliphatic heterocycles. The standard InChI is InChI=1S/C42H78N14O13S/c1-6-22(4)32(56-33(60)24(45)12-7-9-15-43)40(67)51-25(13-8-10-16-44)34(61)50-26(14-11-17-48-42(46)47)35(62)52-27(18-30(58)59)36(63)54-29(20-70)38(65)53-28(19-57)37(64)55-31(21(2)3)39(66)49-23(5)41(68)69/h21-29,31-32,57,70H,6-20,43-45H2,1-5H3,(H,49,66)(H,50,61)(H,51,67)(H,52,62)(H,53,65)(H,54,63)(H,55,64)(H,56,60)(H,58,59)(H,68,69)(H4,46,47,48)/t22-,23-,24-,25-,26-,27-,28-,29-,31-,32-/m0/s1. The Balaban J connectivity index is 6.53. The third-order valence-electron chi connectivity index (χ3n) is 10.9. The highest BCUT2D eigenvalue weighted by Crippen LogP contribution is 2.12. The Morgan fingerprint density at radius 2 is 1.00 bits per heavy atom. The van der Waals surface area contributed by atoms with Crippen molar-refractivity contribution in [3.8, 4) is 0 Å². The molecule has 0 bridgehead atoms. The molecule has 28 heteroatoms. The maximum atomic E-state index is 14.0. The second kappa shape index (κ2) is 34.5. The third-order valence-corrected chi connectivity index (χ3v) is 11.2. The molecule has 0 saturated heterocycles. The van der Waals surface area contributed by atoms with Gasteiger partial charge in [-0.3, -0.25) is 52.9 Å². The van der Waals surface area contributed by atoms with E-state index in [9.17, 15) is 58.2 Å². The highest BCUT2D eigenvalue weighted by atomic mass is 32.1. The number of aliphatic hydroxyl groups excluding tert-OH is 1. The Morgan fingerprint density at radius 1 is 0.557 bits per heavy atom. The van der Waals surface area contributed by atoms with Gasteiger partial charge in [-0.05, 0) is 76.8 Å². The first-order valence-electron chi connectivity index (χ1n) is 23.2. The van der Waals surface area contributed by atoms with Crippen molar-refractivity contribution in [3.63, 3.8) is 0 Å². The largest absolute Gasteiger partial charge is 0.481 e. The van der Waals surface area contributed by atoms with Crippen LogP contribution in [-0.2, 0) is 47.9 Å². The van der Waals surface area contributed by atoms with Crippen molar-refractivity contribution in [2.75, 3.05) is 32.0 Å². The van der Waals surface area contributed by atoms with Crippen LogP contribution < -0.4 is 71.2 Å². The number of nitrogens with one attached hydrogen (secondary N) is 8. The van der Waals surface area contributed by atoms with Gasteiger partial charge in [0.2, 0.25) is 47.3 Å². The zero-order chi connectivity index (χ0) is 53.7. The Labute approximate surface area is 413 Å². The second-order valence-corrected chi connectivity index (χ2v) is 17.4. The van der Waals surface area contributed by atoms with Crippen LogP contribution in [0.5, 0.6) is 0 Å². The summed E-state index contributed by atoms with van der Waals surface area (Å²) in [5.74, 6) is -12.1. The van der Waals surface area contributed by atoms with Crippen molar-refractivity contribution in [1.29, 1.82) is 0 Å². The molecule has 0 aliphatic rings. The van der Waals surface area contributed by atoms with Gasteiger partial charge in [-0.15, -0.1) is 0 Å². The molecule has 21 N–H and O–H groups in total. The number of amides is 8. The van der Waals surface area contributed by atoms with E-state index >= 15 is 0 Å². The lowest BCUT2D eigenvalue weighted by Gasteiger charge is -2.29. The smallest absolute Gasteiger partial charge is 0.325 e. The van der Waals surface area contributed by atoms with Gasteiger partial charge < -0.3 is 86.5 Å². The molecule has 0 radical (unpaired) electrons. The molecule has 27 nitrogen and oxygen atoms in total. The van der Waals surface area contributed by atoms with E-state index < -0.39 is 144 Å². The molecule has 0 heterocycles. The minimum absolute atomic E-state index is 0.0246. The first-order valence-corrected chi connectivity index (χ1v) is 23.8.